The highest BCUT2D eigenvalue weighted by atomic mass is 32.2. The molecule has 0 bridgehead atoms. The van der Waals surface area contributed by atoms with Crippen molar-refractivity contribution in [2.75, 3.05) is 0 Å². The van der Waals surface area contributed by atoms with E-state index in [0.29, 0.717) is 17.7 Å². The Bertz CT molecular complexity index is 501. The number of carbonyl (C=O) groups is 1. The first-order valence-electron chi connectivity index (χ1n) is 7.64. The van der Waals surface area contributed by atoms with Crippen LogP contribution in [0.4, 0.5) is 4.39 Å². The molecule has 0 radical (unpaired) electrons. The molecule has 0 amide bonds. The quantitative estimate of drug-likeness (QED) is 0.759. The number of carboxylic acids is 1. The fourth-order valence-corrected chi connectivity index (χ4v) is 5.28. The third-order valence-corrected chi connectivity index (χ3v) is 5.82. The predicted octanol–water partition coefficient (Wildman–Crippen LogP) is 5.12. The summed E-state index contributed by atoms with van der Waals surface area (Å²) in [5.41, 5.74) is 0.139. The third kappa shape index (κ3) is 3.25. The van der Waals surface area contributed by atoms with Crippen LogP contribution in [-0.2, 0) is 4.79 Å². The van der Waals surface area contributed by atoms with Crippen LogP contribution in [0.2, 0.25) is 0 Å². The molecule has 1 fully saturated rings. The van der Waals surface area contributed by atoms with Crippen molar-refractivity contribution in [3.63, 3.8) is 0 Å². The van der Waals surface area contributed by atoms with Gasteiger partial charge >= 0.3 is 5.97 Å². The maximum Gasteiger partial charge on any atom is 0.320 e. The lowest BCUT2D eigenvalue weighted by Crippen LogP contribution is -2.54. The highest BCUT2D eigenvalue weighted by molar-refractivity contribution is 8.01. The zero-order valence-electron chi connectivity index (χ0n) is 12.7. The molecular weight excluding hydrogens is 287 g/mol. The van der Waals surface area contributed by atoms with Gasteiger partial charge in [0.05, 0.1) is 0 Å². The van der Waals surface area contributed by atoms with Crippen LogP contribution in [0, 0.1) is 11.2 Å². The second kappa shape index (κ2) is 6.39. The summed E-state index contributed by atoms with van der Waals surface area (Å²) in [4.78, 5) is 12.2. The van der Waals surface area contributed by atoms with Gasteiger partial charge in [0.2, 0.25) is 0 Å². The normalized spacial score (nSPS) is 19.0. The lowest BCUT2D eigenvalue weighted by molar-refractivity contribution is -0.147. The minimum absolute atomic E-state index is 0.139. The summed E-state index contributed by atoms with van der Waals surface area (Å²) in [5, 5.41) is 9.66. The Labute approximate surface area is 130 Å². The number of aliphatic carboxylic acids is 1. The van der Waals surface area contributed by atoms with Gasteiger partial charge in [-0.1, -0.05) is 38.8 Å². The number of hydrogen-bond donors (Lipinski definition) is 1. The van der Waals surface area contributed by atoms with Crippen molar-refractivity contribution in [1.29, 1.82) is 0 Å². The minimum Gasteiger partial charge on any atom is -0.480 e. The first-order chi connectivity index (χ1) is 9.97. The molecule has 2 rings (SSSR count). The Morgan fingerprint density at radius 3 is 2.29 bits per heavy atom. The van der Waals surface area contributed by atoms with Gasteiger partial charge in [-0.15, -0.1) is 11.8 Å². The molecule has 116 valence electrons. The van der Waals surface area contributed by atoms with E-state index in [9.17, 15) is 14.3 Å². The summed E-state index contributed by atoms with van der Waals surface area (Å²) in [6.45, 7) is 4.28. The van der Waals surface area contributed by atoms with Crippen LogP contribution in [0.15, 0.2) is 29.2 Å². The molecule has 2 nitrogen and oxygen atoms in total. The fraction of sp³-hybridized carbons (Fsp3) is 0.588. The van der Waals surface area contributed by atoms with Gasteiger partial charge in [0.25, 0.3) is 0 Å². The van der Waals surface area contributed by atoms with Crippen LogP contribution < -0.4 is 0 Å². The first-order valence-corrected chi connectivity index (χ1v) is 8.45. The third-order valence-electron chi connectivity index (χ3n) is 4.41. The summed E-state index contributed by atoms with van der Waals surface area (Å²) in [5.74, 6) is -1.13. The summed E-state index contributed by atoms with van der Waals surface area (Å²) in [6, 6.07) is 6.45. The SMILES string of the molecule is CCCC1(CCC)CC(Sc2ccccc2F)(C(=O)O)C1. The summed E-state index contributed by atoms with van der Waals surface area (Å²) in [7, 11) is 0. The van der Waals surface area contributed by atoms with Crippen LogP contribution in [0.5, 0.6) is 0 Å². The smallest absolute Gasteiger partial charge is 0.320 e. The van der Waals surface area contributed by atoms with Gasteiger partial charge in [0.15, 0.2) is 0 Å². The predicted molar refractivity (Wildman–Crippen MR) is 84.1 cm³/mol. The second-order valence-corrected chi connectivity index (χ2v) is 7.61. The van der Waals surface area contributed by atoms with Crippen LogP contribution in [-0.4, -0.2) is 15.8 Å². The van der Waals surface area contributed by atoms with Gasteiger partial charge in [-0.25, -0.2) is 4.39 Å². The summed E-state index contributed by atoms with van der Waals surface area (Å²) >= 11 is 1.19. The van der Waals surface area contributed by atoms with Crippen molar-refractivity contribution in [3.8, 4) is 0 Å². The van der Waals surface area contributed by atoms with Crippen LogP contribution in [0.25, 0.3) is 0 Å². The van der Waals surface area contributed by atoms with Crippen molar-refractivity contribution in [2.24, 2.45) is 5.41 Å². The van der Waals surface area contributed by atoms with Crippen molar-refractivity contribution in [3.05, 3.63) is 30.1 Å². The molecule has 0 heterocycles. The first kappa shape index (κ1) is 16.3. The van der Waals surface area contributed by atoms with E-state index in [1.165, 1.54) is 17.8 Å². The molecule has 1 aliphatic carbocycles. The van der Waals surface area contributed by atoms with E-state index in [-0.39, 0.29) is 11.2 Å². The Hall–Kier alpha value is -1.03. The van der Waals surface area contributed by atoms with Gasteiger partial charge in [0, 0.05) is 4.90 Å². The number of hydrogen-bond acceptors (Lipinski definition) is 2. The maximum absolute atomic E-state index is 13.8. The Morgan fingerprint density at radius 2 is 1.81 bits per heavy atom. The molecule has 0 aromatic heterocycles. The molecule has 1 N–H and O–H groups in total. The summed E-state index contributed by atoms with van der Waals surface area (Å²) in [6.07, 6.45) is 5.56. The topological polar surface area (TPSA) is 37.3 Å². The molecule has 0 atom stereocenters. The molecule has 1 aromatic rings. The monoisotopic (exact) mass is 310 g/mol. The molecule has 1 aliphatic rings. The molecule has 0 spiro atoms. The van der Waals surface area contributed by atoms with Crippen molar-refractivity contribution < 1.29 is 14.3 Å². The van der Waals surface area contributed by atoms with Gasteiger partial charge in [-0.2, -0.15) is 0 Å². The van der Waals surface area contributed by atoms with Gasteiger partial charge < -0.3 is 5.11 Å². The molecule has 1 aromatic carbocycles. The zero-order chi connectivity index (χ0) is 15.5. The minimum atomic E-state index is -0.855. The van der Waals surface area contributed by atoms with E-state index in [0.717, 1.165) is 25.7 Å². The average Bonchev–Trinajstić information content (AvgIpc) is 2.39. The summed E-state index contributed by atoms with van der Waals surface area (Å²) < 4.78 is 13.0. The molecule has 0 unspecified atom stereocenters. The van der Waals surface area contributed by atoms with E-state index >= 15 is 0 Å². The second-order valence-electron chi connectivity index (χ2n) is 6.19. The maximum atomic E-state index is 13.8. The Kier molecular flexibility index (Phi) is 4.97. The molecule has 21 heavy (non-hydrogen) atoms. The van der Waals surface area contributed by atoms with E-state index in [2.05, 4.69) is 13.8 Å². The van der Waals surface area contributed by atoms with Gasteiger partial charge in [-0.3, -0.25) is 4.79 Å². The van der Waals surface area contributed by atoms with E-state index in [1.54, 1.807) is 18.2 Å². The standard InChI is InChI=1S/C17H23FO2S/c1-3-9-16(10-4-2)11-17(12-16,15(19)20)21-14-8-6-5-7-13(14)18/h5-8H,3-4,9-12H2,1-2H3,(H,19,20). The number of benzene rings is 1. The lowest BCUT2D eigenvalue weighted by atomic mass is 9.57. The molecule has 0 aliphatic heterocycles. The van der Waals surface area contributed by atoms with Crippen molar-refractivity contribution >= 4 is 17.7 Å². The Balaban J connectivity index is 2.18. The molecule has 4 heteroatoms. The van der Waals surface area contributed by atoms with E-state index in [1.807, 2.05) is 0 Å². The van der Waals surface area contributed by atoms with Gasteiger partial charge in [0.1, 0.15) is 10.6 Å². The molecule has 1 saturated carbocycles. The van der Waals surface area contributed by atoms with Crippen LogP contribution >= 0.6 is 11.8 Å². The largest absolute Gasteiger partial charge is 0.480 e. The number of carboxylic acid groups (broad SMARTS) is 1. The van der Waals surface area contributed by atoms with Gasteiger partial charge in [-0.05, 0) is 43.2 Å². The Morgan fingerprint density at radius 1 is 1.24 bits per heavy atom. The highest BCUT2D eigenvalue weighted by Gasteiger charge is 2.58. The van der Waals surface area contributed by atoms with Crippen molar-refractivity contribution in [1.82, 2.24) is 0 Å². The molecule has 0 saturated heterocycles. The zero-order valence-corrected chi connectivity index (χ0v) is 13.5. The van der Waals surface area contributed by atoms with Crippen LogP contribution in [0.3, 0.4) is 0 Å². The van der Waals surface area contributed by atoms with Crippen molar-refractivity contribution in [2.45, 2.75) is 62.0 Å². The number of thioether (sulfide) groups is 1. The lowest BCUT2D eigenvalue weighted by Gasteiger charge is -2.54. The van der Waals surface area contributed by atoms with E-state index in [4.69, 9.17) is 0 Å². The average molecular weight is 310 g/mol. The highest BCUT2D eigenvalue weighted by Crippen LogP contribution is 2.61. The number of halogens is 1. The molecular formula is C17H23FO2S. The number of rotatable bonds is 7. The van der Waals surface area contributed by atoms with E-state index < -0.39 is 10.7 Å². The fourth-order valence-electron chi connectivity index (χ4n) is 3.70. The van der Waals surface area contributed by atoms with Crippen LogP contribution in [0.1, 0.15) is 52.4 Å².